The maximum atomic E-state index is 12.7. The Labute approximate surface area is 113 Å². The topological polar surface area (TPSA) is 70.6 Å². The van der Waals surface area contributed by atoms with Crippen molar-refractivity contribution in [3.8, 4) is 0 Å². The first-order valence-corrected chi connectivity index (χ1v) is 6.57. The lowest BCUT2D eigenvalue weighted by molar-refractivity contribution is -0.155. The first kappa shape index (κ1) is 15.8. The van der Waals surface area contributed by atoms with Crippen LogP contribution < -0.4 is 11.1 Å². The normalized spacial score (nSPS) is 16.3. The van der Waals surface area contributed by atoms with Crippen molar-refractivity contribution in [2.24, 2.45) is 16.8 Å². The number of nitrogens with two attached hydrogens (primary N) is 1. The smallest absolute Gasteiger partial charge is 0.400 e. The van der Waals surface area contributed by atoms with Crippen LogP contribution in [0.4, 0.5) is 13.2 Å². The Morgan fingerprint density at radius 2 is 2.26 bits per heavy atom. The van der Waals surface area contributed by atoms with Crippen molar-refractivity contribution in [1.82, 2.24) is 5.32 Å². The Morgan fingerprint density at radius 3 is 2.74 bits per heavy atom. The first-order chi connectivity index (χ1) is 8.84. The monoisotopic (exact) mass is 295 g/mol. The van der Waals surface area contributed by atoms with E-state index in [1.165, 1.54) is 11.3 Å². The van der Waals surface area contributed by atoms with Crippen LogP contribution >= 0.6 is 11.3 Å². The zero-order chi connectivity index (χ0) is 14.5. The number of rotatable bonds is 6. The van der Waals surface area contributed by atoms with E-state index in [-0.39, 0.29) is 6.04 Å². The average Bonchev–Trinajstić information content (AvgIpc) is 2.79. The van der Waals surface area contributed by atoms with E-state index in [1.807, 2.05) is 16.8 Å². The van der Waals surface area contributed by atoms with Gasteiger partial charge >= 0.3 is 6.18 Å². The molecule has 0 saturated heterocycles. The number of halogens is 3. The second-order valence-corrected chi connectivity index (χ2v) is 5.04. The Kier molecular flexibility index (Phi) is 5.61. The Bertz CT molecular complexity index is 406. The van der Waals surface area contributed by atoms with E-state index >= 15 is 0 Å². The minimum Gasteiger partial charge on any atom is -0.409 e. The van der Waals surface area contributed by atoms with Crippen LogP contribution in [0.1, 0.15) is 12.5 Å². The third-order valence-electron chi connectivity index (χ3n) is 2.66. The van der Waals surface area contributed by atoms with Crippen molar-refractivity contribution in [3.63, 3.8) is 0 Å². The van der Waals surface area contributed by atoms with Gasteiger partial charge in [0.25, 0.3) is 0 Å². The molecule has 0 amide bonds. The fraction of sp³-hybridized carbons (Fsp3) is 0.545. The minimum atomic E-state index is -4.54. The molecular weight excluding hydrogens is 279 g/mol. The first-order valence-electron chi connectivity index (χ1n) is 5.63. The molecule has 0 aromatic carbocycles. The summed E-state index contributed by atoms with van der Waals surface area (Å²) >= 11 is 1.54. The molecule has 1 heterocycles. The Balaban J connectivity index is 2.52. The zero-order valence-electron chi connectivity index (χ0n) is 10.3. The molecule has 0 bridgehead atoms. The lowest BCUT2D eigenvalue weighted by Crippen LogP contribution is -2.45. The van der Waals surface area contributed by atoms with Crippen LogP contribution in [0.2, 0.25) is 0 Å². The molecule has 0 aliphatic rings. The molecule has 1 aromatic rings. The summed E-state index contributed by atoms with van der Waals surface area (Å²) in [6.45, 7) is 1.38. The number of nitrogens with zero attached hydrogens (tertiary/aromatic N) is 1. The van der Waals surface area contributed by atoms with Gasteiger partial charge in [0.1, 0.15) is 5.92 Å². The summed E-state index contributed by atoms with van der Waals surface area (Å²) in [6.07, 6.45) is -3.91. The van der Waals surface area contributed by atoms with Crippen LogP contribution in [0.5, 0.6) is 0 Å². The van der Waals surface area contributed by atoms with Gasteiger partial charge in [0.15, 0.2) is 5.84 Å². The maximum absolute atomic E-state index is 12.7. The van der Waals surface area contributed by atoms with Crippen molar-refractivity contribution in [2.45, 2.75) is 25.6 Å². The number of hydrogen-bond acceptors (Lipinski definition) is 4. The fourth-order valence-corrected chi connectivity index (χ4v) is 2.29. The molecule has 8 heteroatoms. The third-order valence-corrected chi connectivity index (χ3v) is 3.39. The Morgan fingerprint density at radius 1 is 1.58 bits per heavy atom. The van der Waals surface area contributed by atoms with Crippen molar-refractivity contribution in [2.75, 3.05) is 6.54 Å². The number of thiophene rings is 1. The highest BCUT2D eigenvalue weighted by Crippen LogP contribution is 2.26. The summed E-state index contributed by atoms with van der Waals surface area (Å²) in [5.41, 5.74) is 6.13. The van der Waals surface area contributed by atoms with Gasteiger partial charge in [-0.2, -0.15) is 24.5 Å². The predicted octanol–water partition coefficient (Wildman–Crippen LogP) is 2.19. The van der Waals surface area contributed by atoms with E-state index in [0.29, 0.717) is 6.42 Å². The van der Waals surface area contributed by atoms with E-state index in [4.69, 9.17) is 10.9 Å². The van der Waals surface area contributed by atoms with Gasteiger partial charge in [-0.05, 0) is 35.7 Å². The molecule has 1 rings (SSSR count). The van der Waals surface area contributed by atoms with Gasteiger partial charge in [-0.3, -0.25) is 0 Å². The number of nitrogens with one attached hydrogen (secondary N) is 1. The highest BCUT2D eigenvalue weighted by molar-refractivity contribution is 7.07. The van der Waals surface area contributed by atoms with Crippen molar-refractivity contribution >= 4 is 17.2 Å². The highest BCUT2D eigenvalue weighted by atomic mass is 32.1. The van der Waals surface area contributed by atoms with Crippen LogP contribution in [0.25, 0.3) is 0 Å². The number of oxime groups is 1. The largest absolute Gasteiger partial charge is 0.409 e. The van der Waals surface area contributed by atoms with Crippen LogP contribution in [-0.2, 0) is 6.42 Å². The van der Waals surface area contributed by atoms with Gasteiger partial charge in [0, 0.05) is 12.6 Å². The summed E-state index contributed by atoms with van der Waals surface area (Å²) in [5.74, 6) is -2.81. The zero-order valence-corrected chi connectivity index (χ0v) is 11.1. The van der Waals surface area contributed by atoms with Gasteiger partial charge < -0.3 is 16.3 Å². The number of alkyl halides is 3. The molecule has 0 radical (unpaired) electrons. The van der Waals surface area contributed by atoms with Gasteiger partial charge in [0.2, 0.25) is 0 Å². The summed E-state index contributed by atoms with van der Waals surface area (Å²) in [7, 11) is 0. The highest BCUT2D eigenvalue weighted by Gasteiger charge is 2.42. The molecule has 1 aromatic heterocycles. The summed E-state index contributed by atoms with van der Waals surface area (Å²) in [6, 6.07) is 1.79. The minimum absolute atomic E-state index is 0.133. The lowest BCUT2D eigenvalue weighted by atomic mass is 10.1. The van der Waals surface area contributed by atoms with Crippen LogP contribution in [0.15, 0.2) is 22.0 Å². The summed E-state index contributed by atoms with van der Waals surface area (Å²) in [5, 5.41) is 17.4. The molecule has 4 nitrogen and oxygen atoms in total. The van der Waals surface area contributed by atoms with E-state index in [0.717, 1.165) is 5.56 Å². The van der Waals surface area contributed by atoms with Gasteiger partial charge in [-0.15, -0.1) is 0 Å². The van der Waals surface area contributed by atoms with E-state index in [9.17, 15) is 13.2 Å². The third kappa shape index (κ3) is 5.07. The summed E-state index contributed by atoms with van der Waals surface area (Å²) < 4.78 is 38.0. The molecule has 2 atom stereocenters. The molecule has 0 spiro atoms. The van der Waals surface area contributed by atoms with Crippen LogP contribution in [0, 0.1) is 5.92 Å². The number of amidine groups is 1. The second kappa shape index (κ2) is 6.76. The standard InChI is InChI=1S/C11H16F3N3OS/c1-7(4-8-2-3-19-6-8)16-5-9(10(15)17-18)11(12,13)14/h2-3,6-7,9,16,18H,4-5H2,1H3,(H2,15,17). The molecule has 4 N–H and O–H groups in total. The predicted molar refractivity (Wildman–Crippen MR) is 68.4 cm³/mol. The van der Waals surface area contributed by atoms with Crippen molar-refractivity contribution in [1.29, 1.82) is 0 Å². The van der Waals surface area contributed by atoms with E-state index < -0.39 is 24.5 Å². The van der Waals surface area contributed by atoms with E-state index in [1.54, 1.807) is 6.92 Å². The lowest BCUT2D eigenvalue weighted by Gasteiger charge is -2.21. The molecule has 108 valence electrons. The molecule has 0 saturated carbocycles. The number of hydrogen-bond donors (Lipinski definition) is 3. The quantitative estimate of drug-likeness (QED) is 0.326. The average molecular weight is 295 g/mol. The van der Waals surface area contributed by atoms with E-state index in [2.05, 4.69) is 10.5 Å². The summed E-state index contributed by atoms with van der Waals surface area (Å²) in [4.78, 5) is 0. The molecule has 0 aliphatic carbocycles. The van der Waals surface area contributed by atoms with Gasteiger partial charge in [0.05, 0.1) is 0 Å². The van der Waals surface area contributed by atoms with Gasteiger partial charge in [-0.1, -0.05) is 5.16 Å². The van der Waals surface area contributed by atoms with Crippen molar-refractivity contribution in [3.05, 3.63) is 22.4 Å². The second-order valence-electron chi connectivity index (χ2n) is 4.26. The molecule has 0 fully saturated rings. The van der Waals surface area contributed by atoms with Gasteiger partial charge in [-0.25, -0.2) is 0 Å². The molecular formula is C11H16F3N3OS. The SMILES string of the molecule is CC(Cc1ccsc1)NCC(/C(N)=N/O)C(F)(F)F. The van der Waals surface area contributed by atoms with Crippen LogP contribution in [-0.4, -0.2) is 29.8 Å². The molecule has 2 unspecified atom stereocenters. The van der Waals surface area contributed by atoms with Crippen molar-refractivity contribution < 1.29 is 18.4 Å². The maximum Gasteiger partial charge on any atom is 0.400 e. The fourth-order valence-electron chi connectivity index (χ4n) is 1.61. The van der Waals surface area contributed by atoms with Crippen LogP contribution in [0.3, 0.4) is 0 Å². The Hall–Kier alpha value is -1.28. The molecule has 19 heavy (non-hydrogen) atoms. The molecule has 0 aliphatic heterocycles.